The molecule has 1 aliphatic rings. The summed E-state index contributed by atoms with van der Waals surface area (Å²) in [5, 5.41) is 8.61. The number of aryl methyl sites for hydroxylation is 1. The van der Waals surface area contributed by atoms with Crippen molar-refractivity contribution in [3.05, 3.63) is 29.8 Å². The molecule has 0 spiro atoms. The Balaban J connectivity index is 1.69. The van der Waals surface area contributed by atoms with E-state index in [4.69, 9.17) is 5.11 Å². The largest absolute Gasteiger partial charge is 0.481 e. The lowest BCUT2D eigenvalue weighted by molar-refractivity contribution is -0.137. The first-order valence-electron chi connectivity index (χ1n) is 7.41. The Hall–Kier alpha value is -1.55. The average molecular weight is 276 g/mol. The van der Waals surface area contributed by atoms with Crippen molar-refractivity contribution in [3.8, 4) is 0 Å². The number of carboxylic acid groups (broad SMARTS) is 1. The Kier molecular flexibility index (Phi) is 5.41. The molecule has 1 aliphatic heterocycles. The van der Waals surface area contributed by atoms with Crippen LogP contribution >= 0.6 is 0 Å². The lowest BCUT2D eigenvalue weighted by Crippen LogP contribution is -2.46. The zero-order chi connectivity index (χ0) is 14.4. The maximum atomic E-state index is 10.5. The molecule has 4 nitrogen and oxygen atoms in total. The predicted octanol–water partition coefficient (Wildman–Crippen LogP) is 2.37. The zero-order valence-electron chi connectivity index (χ0n) is 12.2. The molecular formula is C16H24N2O2. The molecule has 0 saturated carbocycles. The van der Waals surface area contributed by atoms with Crippen LogP contribution in [0.25, 0.3) is 0 Å². The second kappa shape index (κ2) is 7.29. The number of carbonyl (C=O) groups is 1. The number of hydrogen-bond donors (Lipinski definition) is 1. The van der Waals surface area contributed by atoms with Gasteiger partial charge in [0.05, 0.1) is 0 Å². The number of rotatable bonds is 6. The molecule has 1 N–H and O–H groups in total. The van der Waals surface area contributed by atoms with E-state index >= 15 is 0 Å². The molecule has 0 bridgehead atoms. The molecule has 0 amide bonds. The van der Waals surface area contributed by atoms with Gasteiger partial charge in [0.15, 0.2) is 0 Å². The molecule has 1 aromatic rings. The van der Waals surface area contributed by atoms with Crippen LogP contribution < -0.4 is 4.90 Å². The summed E-state index contributed by atoms with van der Waals surface area (Å²) in [4.78, 5) is 15.3. The molecular weight excluding hydrogens is 252 g/mol. The Morgan fingerprint density at radius 3 is 2.35 bits per heavy atom. The van der Waals surface area contributed by atoms with Gasteiger partial charge in [-0.2, -0.15) is 0 Å². The van der Waals surface area contributed by atoms with Crippen LogP contribution in [0.5, 0.6) is 0 Å². The second-order valence-corrected chi connectivity index (χ2v) is 5.52. The summed E-state index contributed by atoms with van der Waals surface area (Å²) in [6.45, 7) is 7.39. The molecule has 1 fully saturated rings. The van der Waals surface area contributed by atoms with Gasteiger partial charge in [-0.15, -0.1) is 0 Å². The van der Waals surface area contributed by atoms with E-state index in [9.17, 15) is 4.79 Å². The third-order valence-electron chi connectivity index (χ3n) is 3.89. The van der Waals surface area contributed by atoms with Crippen molar-refractivity contribution in [2.75, 3.05) is 37.6 Å². The molecule has 0 aliphatic carbocycles. The van der Waals surface area contributed by atoms with Crippen LogP contribution in [0.2, 0.25) is 0 Å². The monoisotopic (exact) mass is 276 g/mol. The summed E-state index contributed by atoms with van der Waals surface area (Å²) in [5.41, 5.74) is 2.60. The van der Waals surface area contributed by atoms with Crippen LogP contribution in [0, 0.1) is 6.92 Å². The predicted molar refractivity (Wildman–Crippen MR) is 81.3 cm³/mol. The second-order valence-electron chi connectivity index (χ2n) is 5.52. The van der Waals surface area contributed by atoms with Gasteiger partial charge < -0.3 is 10.0 Å². The van der Waals surface area contributed by atoms with Gasteiger partial charge in [-0.25, -0.2) is 0 Å². The summed E-state index contributed by atoms with van der Waals surface area (Å²) >= 11 is 0. The highest BCUT2D eigenvalue weighted by Gasteiger charge is 2.16. The normalized spacial score (nSPS) is 16.4. The topological polar surface area (TPSA) is 43.8 Å². The fourth-order valence-electron chi connectivity index (χ4n) is 2.60. The number of anilines is 1. The maximum Gasteiger partial charge on any atom is 0.303 e. The van der Waals surface area contributed by atoms with E-state index in [0.29, 0.717) is 6.42 Å². The molecule has 0 unspecified atom stereocenters. The molecule has 1 aromatic carbocycles. The highest BCUT2D eigenvalue weighted by atomic mass is 16.4. The minimum atomic E-state index is -0.686. The molecule has 2 rings (SSSR count). The van der Waals surface area contributed by atoms with E-state index in [1.54, 1.807) is 0 Å². The Morgan fingerprint density at radius 1 is 1.10 bits per heavy atom. The molecule has 0 atom stereocenters. The standard InChI is InChI=1S/C16H24N2O2/c1-14-5-7-15(8-6-14)18-12-10-17(11-13-18)9-3-2-4-16(19)20/h5-8H,2-4,9-13H2,1H3,(H,19,20). The fraction of sp³-hybridized carbons (Fsp3) is 0.562. The van der Waals surface area contributed by atoms with Gasteiger partial charge in [-0.05, 0) is 38.4 Å². The van der Waals surface area contributed by atoms with E-state index < -0.39 is 5.97 Å². The van der Waals surface area contributed by atoms with Crippen LogP contribution in [0.1, 0.15) is 24.8 Å². The average Bonchev–Trinajstić information content (AvgIpc) is 2.45. The number of benzene rings is 1. The molecule has 0 aromatic heterocycles. The summed E-state index contributed by atoms with van der Waals surface area (Å²) < 4.78 is 0. The summed E-state index contributed by atoms with van der Waals surface area (Å²) in [7, 11) is 0. The van der Waals surface area contributed by atoms with Gasteiger partial charge in [-0.3, -0.25) is 9.69 Å². The smallest absolute Gasteiger partial charge is 0.303 e. The van der Waals surface area contributed by atoms with Gasteiger partial charge in [0, 0.05) is 38.3 Å². The van der Waals surface area contributed by atoms with Gasteiger partial charge in [0.1, 0.15) is 0 Å². The Bertz CT molecular complexity index is 423. The van der Waals surface area contributed by atoms with Crippen LogP contribution in [-0.4, -0.2) is 48.7 Å². The first kappa shape index (κ1) is 14.9. The van der Waals surface area contributed by atoms with Crippen molar-refractivity contribution in [3.63, 3.8) is 0 Å². The summed E-state index contributed by atoms with van der Waals surface area (Å²) in [6.07, 6.45) is 2.06. The quantitative estimate of drug-likeness (QED) is 0.810. The van der Waals surface area contributed by atoms with Gasteiger partial charge >= 0.3 is 5.97 Å². The SMILES string of the molecule is Cc1ccc(N2CCN(CCCCC(=O)O)CC2)cc1. The minimum absolute atomic E-state index is 0.295. The van der Waals surface area contributed by atoms with Crippen molar-refractivity contribution >= 4 is 11.7 Å². The minimum Gasteiger partial charge on any atom is -0.481 e. The number of carboxylic acids is 1. The van der Waals surface area contributed by atoms with E-state index in [1.807, 2.05) is 0 Å². The van der Waals surface area contributed by atoms with Crippen LogP contribution in [0.4, 0.5) is 5.69 Å². The van der Waals surface area contributed by atoms with Crippen molar-refractivity contribution in [1.82, 2.24) is 4.90 Å². The van der Waals surface area contributed by atoms with Crippen LogP contribution in [-0.2, 0) is 4.79 Å². The van der Waals surface area contributed by atoms with Crippen molar-refractivity contribution in [2.45, 2.75) is 26.2 Å². The molecule has 0 radical (unpaired) electrons. The fourth-order valence-corrected chi connectivity index (χ4v) is 2.60. The van der Waals surface area contributed by atoms with E-state index in [-0.39, 0.29) is 0 Å². The van der Waals surface area contributed by atoms with Crippen molar-refractivity contribution < 1.29 is 9.90 Å². The van der Waals surface area contributed by atoms with Crippen LogP contribution in [0.3, 0.4) is 0 Å². The molecule has 1 saturated heterocycles. The van der Waals surface area contributed by atoms with E-state index in [0.717, 1.165) is 45.6 Å². The molecule has 110 valence electrons. The van der Waals surface area contributed by atoms with Crippen LogP contribution in [0.15, 0.2) is 24.3 Å². The number of nitrogens with zero attached hydrogens (tertiary/aromatic N) is 2. The van der Waals surface area contributed by atoms with Crippen molar-refractivity contribution in [1.29, 1.82) is 0 Å². The molecule has 20 heavy (non-hydrogen) atoms. The third kappa shape index (κ3) is 4.53. The van der Waals surface area contributed by atoms with Gasteiger partial charge in [0.2, 0.25) is 0 Å². The highest BCUT2D eigenvalue weighted by molar-refractivity contribution is 5.66. The van der Waals surface area contributed by atoms with E-state index in [2.05, 4.69) is 41.0 Å². The summed E-state index contributed by atoms with van der Waals surface area (Å²) in [5.74, 6) is -0.686. The maximum absolute atomic E-state index is 10.5. The zero-order valence-corrected chi connectivity index (χ0v) is 12.2. The third-order valence-corrected chi connectivity index (χ3v) is 3.89. The number of hydrogen-bond acceptors (Lipinski definition) is 3. The molecule has 4 heteroatoms. The summed E-state index contributed by atoms with van der Waals surface area (Å²) in [6, 6.07) is 8.71. The molecule has 1 heterocycles. The Labute approximate surface area is 121 Å². The number of piperazine rings is 1. The number of unbranched alkanes of at least 4 members (excludes halogenated alkanes) is 1. The number of aliphatic carboxylic acids is 1. The van der Waals surface area contributed by atoms with Gasteiger partial charge in [0.25, 0.3) is 0 Å². The highest BCUT2D eigenvalue weighted by Crippen LogP contribution is 2.17. The first-order valence-corrected chi connectivity index (χ1v) is 7.41. The lowest BCUT2D eigenvalue weighted by atomic mass is 10.2. The lowest BCUT2D eigenvalue weighted by Gasteiger charge is -2.36. The van der Waals surface area contributed by atoms with Crippen molar-refractivity contribution in [2.24, 2.45) is 0 Å². The first-order chi connectivity index (χ1) is 9.65. The van der Waals surface area contributed by atoms with Gasteiger partial charge in [-0.1, -0.05) is 17.7 Å². The Morgan fingerprint density at radius 2 is 1.75 bits per heavy atom. The van der Waals surface area contributed by atoms with E-state index in [1.165, 1.54) is 11.3 Å².